The predicted octanol–water partition coefficient (Wildman–Crippen LogP) is 4.84. The normalized spacial score (nSPS) is 17.5. The molecule has 1 N–H and O–H groups in total. The molecule has 0 aromatic carbocycles. The summed E-state index contributed by atoms with van der Waals surface area (Å²) < 4.78 is 13.0. The summed E-state index contributed by atoms with van der Waals surface area (Å²) in [5.74, 6) is 3.04. The van der Waals surface area contributed by atoms with Crippen molar-refractivity contribution in [3.05, 3.63) is 18.3 Å². The molecule has 4 heterocycles. The number of nitrogens with one attached hydrogen (secondary N) is 1. The van der Waals surface area contributed by atoms with Gasteiger partial charge in [0, 0.05) is 38.9 Å². The Kier molecular flexibility index (Phi) is 6.85. The van der Waals surface area contributed by atoms with Gasteiger partial charge in [0.15, 0.2) is 5.65 Å². The highest BCUT2D eigenvalue weighted by Crippen LogP contribution is 2.34. The third-order valence-corrected chi connectivity index (χ3v) is 6.38. The van der Waals surface area contributed by atoms with Crippen LogP contribution in [-0.2, 0) is 11.3 Å². The summed E-state index contributed by atoms with van der Waals surface area (Å²) >= 11 is 0. The van der Waals surface area contributed by atoms with E-state index in [0.717, 1.165) is 66.7 Å². The van der Waals surface area contributed by atoms with E-state index in [4.69, 9.17) is 9.15 Å². The minimum Gasteiger partial charge on any atom is -0.421 e. The summed E-state index contributed by atoms with van der Waals surface area (Å²) in [6.45, 7) is 10.8. The molecule has 0 unspecified atom stereocenters. The maximum absolute atomic E-state index is 5.63. The van der Waals surface area contributed by atoms with Gasteiger partial charge in [-0.15, -0.1) is 10.2 Å². The van der Waals surface area contributed by atoms with Crippen molar-refractivity contribution in [1.29, 1.82) is 0 Å². The number of aryl methyl sites for hydroxylation is 2. The van der Waals surface area contributed by atoms with E-state index in [2.05, 4.69) is 46.4 Å². The molecule has 0 atom stereocenters. The van der Waals surface area contributed by atoms with Gasteiger partial charge in [0.1, 0.15) is 0 Å². The Bertz CT molecular complexity index is 985. The largest absolute Gasteiger partial charge is 0.421 e. The highest BCUT2D eigenvalue weighted by atomic mass is 16.5. The van der Waals surface area contributed by atoms with E-state index in [1.807, 2.05) is 10.9 Å². The lowest BCUT2D eigenvalue weighted by Crippen LogP contribution is -2.28. The van der Waals surface area contributed by atoms with Crippen LogP contribution < -0.4 is 5.32 Å². The van der Waals surface area contributed by atoms with E-state index in [1.165, 1.54) is 19.3 Å². The van der Waals surface area contributed by atoms with Gasteiger partial charge < -0.3 is 14.5 Å². The molecule has 1 aliphatic heterocycles. The summed E-state index contributed by atoms with van der Waals surface area (Å²) in [7, 11) is 0. The number of nitrogens with zero attached hydrogens (tertiary/aromatic N) is 5. The van der Waals surface area contributed by atoms with Crippen molar-refractivity contribution in [3.63, 3.8) is 0 Å². The number of hydrogen-bond donors (Lipinski definition) is 1. The van der Waals surface area contributed by atoms with Crippen molar-refractivity contribution in [3.8, 4) is 11.5 Å². The smallest absolute Gasteiger partial charge is 0.251 e. The molecule has 5 rings (SSSR count). The number of ether oxygens (including phenoxy) is 1. The Morgan fingerprint density at radius 1 is 1.13 bits per heavy atom. The van der Waals surface area contributed by atoms with Crippen LogP contribution in [0.25, 0.3) is 22.5 Å². The van der Waals surface area contributed by atoms with Crippen molar-refractivity contribution in [1.82, 2.24) is 25.0 Å². The maximum atomic E-state index is 5.63. The number of fused-ring (bicyclic) bond motifs is 1. The Morgan fingerprint density at radius 3 is 2.45 bits per heavy atom. The Labute approximate surface area is 183 Å². The fraction of sp³-hybridized carbons (Fsp3) is 0.652. The molecule has 0 radical (unpaired) electrons. The summed E-state index contributed by atoms with van der Waals surface area (Å²) in [4.78, 5) is 4.56. The van der Waals surface area contributed by atoms with Gasteiger partial charge >= 0.3 is 0 Å². The van der Waals surface area contributed by atoms with E-state index in [-0.39, 0.29) is 0 Å². The topological polar surface area (TPSA) is 90.9 Å². The first kappa shape index (κ1) is 21.7. The van der Waals surface area contributed by atoms with E-state index in [0.29, 0.717) is 17.8 Å². The number of hydrogen-bond acceptors (Lipinski definition) is 7. The average Bonchev–Trinajstić information content (AvgIpc) is 3.34. The van der Waals surface area contributed by atoms with Gasteiger partial charge in [-0.1, -0.05) is 33.1 Å². The van der Waals surface area contributed by atoms with Gasteiger partial charge in [-0.05, 0) is 31.6 Å². The van der Waals surface area contributed by atoms with E-state index in [9.17, 15) is 0 Å². The molecule has 1 saturated heterocycles. The minimum atomic E-state index is 0.345. The van der Waals surface area contributed by atoms with Crippen LogP contribution in [0.4, 0.5) is 5.69 Å². The molecule has 3 aromatic rings. The van der Waals surface area contributed by atoms with Crippen molar-refractivity contribution in [2.75, 3.05) is 18.5 Å². The Hall–Kier alpha value is -2.48. The molecule has 2 fully saturated rings. The van der Waals surface area contributed by atoms with E-state index < -0.39 is 0 Å². The van der Waals surface area contributed by atoms with E-state index >= 15 is 0 Å². The number of rotatable bonds is 5. The molecule has 2 aliphatic rings. The molecule has 8 nitrogen and oxygen atoms in total. The van der Waals surface area contributed by atoms with Gasteiger partial charge in [0.25, 0.3) is 5.89 Å². The Balaban J connectivity index is 0.000000282. The monoisotopic (exact) mass is 426 g/mol. The second-order valence-corrected chi connectivity index (χ2v) is 8.84. The third-order valence-electron chi connectivity index (χ3n) is 6.38. The quantitative estimate of drug-likeness (QED) is 0.624. The van der Waals surface area contributed by atoms with Crippen LogP contribution in [0.15, 0.2) is 16.8 Å². The van der Waals surface area contributed by atoms with Gasteiger partial charge in [0.2, 0.25) is 5.89 Å². The molecule has 3 aromatic heterocycles. The van der Waals surface area contributed by atoms with Gasteiger partial charge in [-0.2, -0.15) is 5.10 Å². The standard InChI is InChI=1S/C16H20N6O2.C7H14/c1-3-22-15-12(9-18-22)14(19-11-4-6-23-7-5-11)13(8-17-15)16-21-20-10(2)24-16;1-6(2)7-4-3-5-7/h8-9,11H,3-7H2,1-2H3,(H,17,19);6-7H,3-5H2,1-2H3. The highest BCUT2D eigenvalue weighted by molar-refractivity contribution is 5.96. The second-order valence-electron chi connectivity index (χ2n) is 8.84. The first-order chi connectivity index (χ1) is 15.1. The molecule has 1 saturated carbocycles. The number of anilines is 1. The van der Waals surface area contributed by atoms with Crippen LogP contribution >= 0.6 is 0 Å². The zero-order chi connectivity index (χ0) is 21.8. The molecule has 31 heavy (non-hydrogen) atoms. The van der Waals surface area contributed by atoms with Crippen LogP contribution in [0.3, 0.4) is 0 Å². The van der Waals surface area contributed by atoms with Crippen LogP contribution in [-0.4, -0.2) is 44.2 Å². The highest BCUT2D eigenvalue weighted by Gasteiger charge is 2.22. The fourth-order valence-electron chi connectivity index (χ4n) is 4.13. The van der Waals surface area contributed by atoms with Crippen molar-refractivity contribution >= 4 is 16.7 Å². The van der Waals surface area contributed by atoms with Crippen molar-refractivity contribution in [2.45, 2.75) is 72.4 Å². The third kappa shape index (κ3) is 4.89. The molecular weight excluding hydrogens is 392 g/mol. The predicted molar refractivity (Wildman–Crippen MR) is 121 cm³/mol. The molecule has 0 bridgehead atoms. The molecular formula is C23H34N6O2. The molecule has 168 valence electrons. The SMILES string of the molecule is CC(C)C1CCC1.CCn1ncc2c(NC3CCOCC3)c(-c3nnc(C)o3)cnc21. The zero-order valence-electron chi connectivity index (χ0n) is 19.1. The van der Waals surface area contributed by atoms with Crippen LogP contribution in [0.1, 0.15) is 58.8 Å². The summed E-state index contributed by atoms with van der Waals surface area (Å²) in [6, 6.07) is 0.345. The number of pyridine rings is 1. The first-order valence-corrected chi connectivity index (χ1v) is 11.6. The lowest BCUT2D eigenvalue weighted by molar-refractivity contribution is 0.0905. The zero-order valence-corrected chi connectivity index (χ0v) is 19.1. The van der Waals surface area contributed by atoms with Crippen molar-refractivity contribution < 1.29 is 9.15 Å². The molecule has 8 heteroatoms. The first-order valence-electron chi connectivity index (χ1n) is 11.6. The molecule has 0 spiro atoms. The Morgan fingerprint density at radius 2 is 1.90 bits per heavy atom. The molecule has 1 aliphatic carbocycles. The van der Waals surface area contributed by atoms with Gasteiger partial charge in [0.05, 0.1) is 22.8 Å². The number of aromatic nitrogens is 5. The van der Waals surface area contributed by atoms with Gasteiger partial charge in [-0.3, -0.25) is 0 Å². The fourth-order valence-corrected chi connectivity index (χ4v) is 4.13. The minimum absolute atomic E-state index is 0.345. The summed E-state index contributed by atoms with van der Waals surface area (Å²) in [6.07, 6.45) is 10.0. The summed E-state index contributed by atoms with van der Waals surface area (Å²) in [5.41, 5.74) is 2.62. The van der Waals surface area contributed by atoms with Crippen molar-refractivity contribution in [2.24, 2.45) is 11.8 Å². The van der Waals surface area contributed by atoms with E-state index in [1.54, 1.807) is 13.1 Å². The second kappa shape index (κ2) is 9.77. The lowest BCUT2D eigenvalue weighted by Gasteiger charge is -2.28. The average molecular weight is 427 g/mol. The lowest BCUT2D eigenvalue weighted by atomic mass is 9.78. The van der Waals surface area contributed by atoms with Crippen LogP contribution in [0.5, 0.6) is 0 Å². The maximum Gasteiger partial charge on any atom is 0.251 e. The van der Waals surface area contributed by atoms with Crippen LogP contribution in [0.2, 0.25) is 0 Å². The summed E-state index contributed by atoms with van der Waals surface area (Å²) in [5, 5.41) is 17.1. The van der Waals surface area contributed by atoms with Gasteiger partial charge in [-0.25, -0.2) is 9.67 Å². The van der Waals surface area contributed by atoms with Crippen LogP contribution in [0, 0.1) is 18.8 Å². The molecule has 0 amide bonds.